The van der Waals surface area contributed by atoms with Crippen LogP contribution in [0.1, 0.15) is 22.4 Å². The Morgan fingerprint density at radius 2 is 2.10 bits per heavy atom. The van der Waals surface area contributed by atoms with Crippen LogP contribution in [0, 0.1) is 6.92 Å². The largest absolute Gasteiger partial charge is 0.372 e. The molecule has 4 rings (SSSR count). The van der Waals surface area contributed by atoms with Crippen LogP contribution in [0.4, 0.5) is 5.82 Å². The molecule has 0 radical (unpaired) electrons. The van der Waals surface area contributed by atoms with Crippen molar-refractivity contribution in [3.05, 3.63) is 26.8 Å². The van der Waals surface area contributed by atoms with Crippen molar-refractivity contribution in [1.29, 1.82) is 0 Å². The summed E-state index contributed by atoms with van der Waals surface area (Å²) in [7, 11) is 1.95. The Balaban J connectivity index is 2.00. The minimum atomic E-state index is 0.848. The van der Waals surface area contributed by atoms with E-state index < -0.39 is 0 Å². The molecule has 3 nitrogen and oxygen atoms in total. The van der Waals surface area contributed by atoms with E-state index >= 15 is 0 Å². The number of fused-ring (bicyclic) bond motifs is 3. The zero-order valence-corrected chi connectivity index (χ0v) is 13.1. The summed E-state index contributed by atoms with van der Waals surface area (Å²) in [5, 5.41) is 8.80. The molecule has 0 aromatic carbocycles. The Morgan fingerprint density at radius 1 is 1.20 bits per heavy atom. The van der Waals surface area contributed by atoms with Crippen molar-refractivity contribution in [3.63, 3.8) is 0 Å². The van der Waals surface area contributed by atoms with Crippen LogP contribution in [0.5, 0.6) is 0 Å². The number of aromatic nitrogens is 2. The Kier molecular flexibility index (Phi) is 2.79. The zero-order chi connectivity index (χ0) is 13.7. The van der Waals surface area contributed by atoms with Crippen molar-refractivity contribution in [3.8, 4) is 11.4 Å². The molecule has 0 saturated heterocycles. The summed E-state index contributed by atoms with van der Waals surface area (Å²) < 4.78 is 0. The van der Waals surface area contributed by atoms with E-state index in [1.54, 1.807) is 11.3 Å². The van der Waals surface area contributed by atoms with Gasteiger partial charge in [-0.05, 0) is 42.7 Å². The number of nitrogens with one attached hydrogen (secondary N) is 1. The van der Waals surface area contributed by atoms with Gasteiger partial charge in [-0.25, -0.2) is 9.97 Å². The normalized spacial score (nSPS) is 13.9. The summed E-state index contributed by atoms with van der Waals surface area (Å²) in [5.74, 6) is 1.83. The molecule has 1 N–H and O–H groups in total. The van der Waals surface area contributed by atoms with Crippen LogP contribution in [0.25, 0.3) is 21.6 Å². The lowest BCUT2D eigenvalue weighted by molar-refractivity contribution is 0.917. The number of hydrogen-bond acceptors (Lipinski definition) is 5. The van der Waals surface area contributed by atoms with Gasteiger partial charge in [0, 0.05) is 22.9 Å². The first-order chi connectivity index (χ1) is 9.78. The van der Waals surface area contributed by atoms with E-state index in [2.05, 4.69) is 23.0 Å². The predicted octanol–water partition coefficient (Wildman–Crippen LogP) is 4.26. The summed E-state index contributed by atoms with van der Waals surface area (Å²) in [5.41, 5.74) is 3.88. The third-order valence-corrected chi connectivity index (χ3v) is 5.95. The van der Waals surface area contributed by atoms with E-state index in [1.807, 2.05) is 18.4 Å². The summed E-state index contributed by atoms with van der Waals surface area (Å²) in [6, 6.07) is 0. The first-order valence-corrected chi connectivity index (χ1v) is 8.57. The van der Waals surface area contributed by atoms with Crippen LogP contribution in [0.2, 0.25) is 0 Å². The second-order valence-electron chi connectivity index (χ2n) is 5.15. The highest BCUT2D eigenvalue weighted by molar-refractivity contribution is 7.19. The average molecular weight is 301 g/mol. The van der Waals surface area contributed by atoms with E-state index in [9.17, 15) is 0 Å². The van der Waals surface area contributed by atoms with Crippen LogP contribution in [0.15, 0.2) is 10.8 Å². The van der Waals surface area contributed by atoms with Gasteiger partial charge < -0.3 is 5.32 Å². The van der Waals surface area contributed by atoms with Gasteiger partial charge in [-0.15, -0.1) is 11.3 Å². The van der Waals surface area contributed by atoms with Crippen LogP contribution >= 0.6 is 22.7 Å². The Morgan fingerprint density at radius 3 is 2.85 bits per heavy atom. The van der Waals surface area contributed by atoms with Gasteiger partial charge in [0.1, 0.15) is 10.6 Å². The fourth-order valence-electron chi connectivity index (χ4n) is 2.89. The van der Waals surface area contributed by atoms with E-state index in [4.69, 9.17) is 9.97 Å². The standard InChI is InChI=1S/C15H15N3S2/c1-8-6-19-7-10(8)13-17-14(16-2)12-9-4-3-5-11(9)20-15(12)18-13/h6-7H,3-5H2,1-2H3,(H,16,17,18). The summed E-state index contributed by atoms with van der Waals surface area (Å²) in [6.07, 6.45) is 3.64. The number of aryl methyl sites for hydroxylation is 3. The Hall–Kier alpha value is -1.46. The predicted molar refractivity (Wildman–Crippen MR) is 87.0 cm³/mol. The van der Waals surface area contributed by atoms with Gasteiger partial charge in [0.05, 0.1) is 5.39 Å². The molecule has 5 heteroatoms. The Labute approximate surface area is 125 Å². The highest BCUT2D eigenvalue weighted by Gasteiger charge is 2.22. The number of hydrogen-bond donors (Lipinski definition) is 1. The number of rotatable bonds is 2. The van der Waals surface area contributed by atoms with Crippen molar-refractivity contribution in [1.82, 2.24) is 9.97 Å². The van der Waals surface area contributed by atoms with Gasteiger partial charge in [-0.2, -0.15) is 11.3 Å². The maximum atomic E-state index is 4.82. The highest BCUT2D eigenvalue weighted by atomic mass is 32.1. The lowest BCUT2D eigenvalue weighted by Gasteiger charge is -2.06. The molecule has 20 heavy (non-hydrogen) atoms. The smallest absolute Gasteiger partial charge is 0.164 e. The summed E-state index contributed by atoms with van der Waals surface area (Å²) in [4.78, 5) is 12.2. The van der Waals surface area contributed by atoms with Crippen LogP contribution in [0.3, 0.4) is 0 Å². The average Bonchev–Trinajstić information content (AvgIpc) is 3.12. The monoisotopic (exact) mass is 301 g/mol. The lowest BCUT2D eigenvalue weighted by atomic mass is 10.1. The SMILES string of the molecule is CNc1nc(-c2cscc2C)nc2sc3c(c12)CCC3. The number of anilines is 1. The molecule has 0 spiro atoms. The van der Waals surface area contributed by atoms with Crippen molar-refractivity contribution < 1.29 is 0 Å². The van der Waals surface area contributed by atoms with Gasteiger partial charge >= 0.3 is 0 Å². The molecule has 0 atom stereocenters. The fourth-order valence-corrected chi connectivity index (χ4v) is 4.97. The highest BCUT2D eigenvalue weighted by Crippen LogP contribution is 2.40. The first-order valence-electron chi connectivity index (χ1n) is 6.81. The molecule has 0 saturated carbocycles. The van der Waals surface area contributed by atoms with E-state index in [1.165, 1.54) is 40.7 Å². The lowest BCUT2D eigenvalue weighted by Crippen LogP contribution is -1.98. The minimum Gasteiger partial charge on any atom is -0.372 e. The maximum absolute atomic E-state index is 4.82. The van der Waals surface area contributed by atoms with Gasteiger partial charge in [0.15, 0.2) is 5.82 Å². The number of nitrogens with zero attached hydrogens (tertiary/aromatic N) is 2. The molecule has 1 aliphatic rings. The molecule has 0 amide bonds. The molecule has 3 heterocycles. The minimum absolute atomic E-state index is 0.848. The van der Waals surface area contributed by atoms with E-state index in [0.717, 1.165) is 22.0 Å². The maximum Gasteiger partial charge on any atom is 0.164 e. The molecular formula is C15H15N3S2. The fraction of sp³-hybridized carbons (Fsp3) is 0.333. The van der Waals surface area contributed by atoms with Crippen molar-refractivity contribution >= 4 is 38.7 Å². The van der Waals surface area contributed by atoms with Crippen molar-refractivity contribution in [2.45, 2.75) is 26.2 Å². The molecule has 1 aliphatic carbocycles. The van der Waals surface area contributed by atoms with E-state index in [-0.39, 0.29) is 0 Å². The second-order valence-corrected chi connectivity index (χ2v) is 6.98. The van der Waals surface area contributed by atoms with Crippen molar-refractivity contribution in [2.24, 2.45) is 0 Å². The number of thiophene rings is 2. The molecular weight excluding hydrogens is 286 g/mol. The van der Waals surface area contributed by atoms with Gasteiger partial charge in [-0.3, -0.25) is 0 Å². The van der Waals surface area contributed by atoms with E-state index in [0.29, 0.717) is 0 Å². The second kappa shape index (κ2) is 4.53. The molecule has 3 aromatic rings. The summed E-state index contributed by atoms with van der Waals surface area (Å²) in [6.45, 7) is 2.12. The molecule has 0 aliphatic heterocycles. The molecule has 3 aromatic heterocycles. The first kappa shape index (κ1) is 12.3. The molecule has 0 fully saturated rings. The Bertz CT molecular complexity index is 801. The topological polar surface area (TPSA) is 37.8 Å². The molecule has 0 unspecified atom stereocenters. The summed E-state index contributed by atoms with van der Waals surface area (Å²) >= 11 is 3.55. The van der Waals surface area contributed by atoms with Crippen LogP contribution in [-0.4, -0.2) is 17.0 Å². The van der Waals surface area contributed by atoms with Gasteiger partial charge in [0.25, 0.3) is 0 Å². The zero-order valence-electron chi connectivity index (χ0n) is 11.5. The molecule has 0 bridgehead atoms. The third-order valence-electron chi connectivity index (χ3n) is 3.90. The third kappa shape index (κ3) is 1.70. The van der Waals surface area contributed by atoms with Crippen molar-refractivity contribution in [2.75, 3.05) is 12.4 Å². The van der Waals surface area contributed by atoms with Gasteiger partial charge in [0.2, 0.25) is 0 Å². The quantitative estimate of drug-likeness (QED) is 0.768. The molecule has 102 valence electrons. The van der Waals surface area contributed by atoms with Crippen LogP contribution in [-0.2, 0) is 12.8 Å². The van der Waals surface area contributed by atoms with Gasteiger partial charge in [-0.1, -0.05) is 0 Å². The van der Waals surface area contributed by atoms with Crippen LogP contribution < -0.4 is 5.32 Å².